The van der Waals surface area contributed by atoms with E-state index in [9.17, 15) is 4.79 Å². The highest BCUT2D eigenvalue weighted by Crippen LogP contribution is 2.20. The van der Waals surface area contributed by atoms with E-state index < -0.39 is 18.6 Å². The second-order valence-electron chi connectivity index (χ2n) is 3.80. The molecule has 1 aliphatic rings. The van der Waals surface area contributed by atoms with Gasteiger partial charge in [0.25, 0.3) is 0 Å². The minimum Gasteiger partial charge on any atom is -0.480 e. The maximum atomic E-state index is 10.7. The lowest BCUT2D eigenvalue weighted by atomic mass is 9.81. The van der Waals surface area contributed by atoms with Crippen molar-refractivity contribution in [3.8, 4) is 0 Å². The van der Waals surface area contributed by atoms with Crippen molar-refractivity contribution in [3.05, 3.63) is 0 Å². The molecule has 1 heterocycles. The van der Waals surface area contributed by atoms with Crippen LogP contribution >= 0.6 is 0 Å². The summed E-state index contributed by atoms with van der Waals surface area (Å²) in [6.45, 7) is 0.231. The number of aliphatic carboxylic acids is 1. The summed E-state index contributed by atoms with van der Waals surface area (Å²) >= 11 is 0. The van der Waals surface area contributed by atoms with Gasteiger partial charge in [-0.2, -0.15) is 0 Å². The van der Waals surface area contributed by atoms with Gasteiger partial charge in [0.15, 0.2) is 0 Å². The molecule has 0 aliphatic carbocycles. The highest BCUT2D eigenvalue weighted by Gasteiger charge is 2.41. The largest absolute Gasteiger partial charge is 0.480 e. The van der Waals surface area contributed by atoms with Crippen LogP contribution in [0.25, 0.3) is 0 Å². The molecule has 0 spiro atoms. The number of nitrogens with one attached hydrogen (secondary N) is 1. The van der Waals surface area contributed by atoms with Crippen LogP contribution in [0.4, 0.5) is 0 Å². The monoisotopic (exact) mass is 202 g/mol. The first-order valence-corrected chi connectivity index (χ1v) is 4.56. The SMILES string of the molecule is NC1(C(=O)O)CNC(CCB(O)O)C1. The number of carboxylic acid groups (broad SMARTS) is 1. The average molecular weight is 202 g/mol. The molecule has 0 saturated carbocycles. The molecular weight excluding hydrogens is 187 g/mol. The molecular formula is C7H15BN2O4. The number of carboxylic acids is 1. The quantitative estimate of drug-likeness (QED) is 0.336. The van der Waals surface area contributed by atoms with Crippen LogP contribution in [0.3, 0.4) is 0 Å². The highest BCUT2D eigenvalue weighted by molar-refractivity contribution is 6.40. The van der Waals surface area contributed by atoms with E-state index in [1.54, 1.807) is 0 Å². The first-order valence-electron chi connectivity index (χ1n) is 4.56. The Morgan fingerprint density at radius 3 is 2.71 bits per heavy atom. The van der Waals surface area contributed by atoms with Crippen LogP contribution in [-0.4, -0.2) is 46.4 Å². The number of nitrogens with two attached hydrogens (primary N) is 1. The molecule has 1 aliphatic heterocycles. The predicted molar refractivity (Wildman–Crippen MR) is 50.6 cm³/mol. The summed E-state index contributed by atoms with van der Waals surface area (Å²) in [7, 11) is -1.34. The fourth-order valence-electron chi connectivity index (χ4n) is 1.63. The molecule has 0 bridgehead atoms. The van der Waals surface area contributed by atoms with Crippen LogP contribution in [0.15, 0.2) is 0 Å². The Labute approximate surface area is 82.2 Å². The smallest absolute Gasteiger partial charge is 0.451 e. The molecule has 6 nitrogen and oxygen atoms in total. The lowest BCUT2D eigenvalue weighted by Gasteiger charge is -2.16. The van der Waals surface area contributed by atoms with Crippen LogP contribution in [0.5, 0.6) is 0 Å². The average Bonchev–Trinajstić information content (AvgIpc) is 2.45. The fourth-order valence-corrected chi connectivity index (χ4v) is 1.63. The Balaban J connectivity index is 2.37. The summed E-state index contributed by atoms with van der Waals surface area (Å²) < 4.78 is 0. The molecule has 7 heteroatoms. The van der Waals surface area contributed by atoms with Crippen LogP contribution in [-0.2, 0) is 4.79 Å². The van der Waals surface area contributed by atoms with E-state index in [4.69, 9.17) is 20.9 Å². The van der Waals surface area contributed by atoms with Crippen molar-refractivity contribution in [2.75, 3.05) is 6.54 Å². The summed E-state index contributed by atoms with van der Waals surface area (Å²) in [5.74, 6) is -1.02. The molecule has 0 aromatic rings. The van der Waals surface area contributed by atoms with Gasteiger partial charge in [-0.3, -0.25) is 4.79 Å². The molecule has 1 saturated heterocycles. The molecule has 0 amide bonds. The van der Waals surface area contributed by atoms with E-state index in [1.807, 2.05) is 0 Å². The zero-order valence-corrected chi connectivity index (χ0v) is 7.81. The first kappa shape index (κ1) is 11.4. The Kier molecular flexibility index (Phi) is 3.49. The predicted octanol–water partition coefficient (Wildman–Crippen LogP) is -2.01. The molecule has 80 valence electrons. The first-order chi connectivity index (χ1) is 6.44. The number of rotatable bonds is 4. The van der Waals surface area contributed by atoms with E-state index in [0.29, 0.717) is 12.8 Å². The van der Waals surface area contributed by atoms with Crippen LogP contribution in [0.1, 0.15) is 12.8 Å². The molecule has 0 aromatic carbocycles. The summed E-state index contributed by atoms with van der Waals surface area (Å²) in [4.78, 5) is 10.7. The number of carbonyl (C=O) groups is 1. The van der Waals surface area contributed by atoms with Crippen LogP contribution in [0.2, 0.25) is 6.32 Å². The van der Waals surface area contributed by atoms with Crippen molar-refractivity contribution in [2.45, 2.75) is 30.7 Å². The summed E-state index contributed by atoms with van der Waals surface area (Å²) in [6, 6.07) is -0.0436. The molecule has 0 aromatic heterocycles. The Morgan fingerprint density at radius 2 is 2.29 bits per heavy atom. The van der Waals surface area contributed by atoms with Gasteiger partial charge in [0.1, 0.15) is 5.54 Å². The summed E-state index contributed by atoms with van der Waals surface area (Å²) in [5.41, 5.74) is 4.41. The molecule has 14 heavy (non-hydrogen) atoms. The third kappa shape index (κ3) is 2.68. The van der Waals surface area contributed by atoms with E-state index in [2.05, 4.69) is 5.32 Å². The van der Waals surface area contributed by atoms with Gasteiger partial charge in [-0.15, -0.1) is 0 Å². The van der Waals surface area contributed by atoms with Crippen LogP contribution < -0.4 is 11.1 Å². The topological polar surface area (TPSA) is 116 Å². The molecule has 0 radical (unpaired) electrons. The number of hydrogen-bond acceptors (Lipinski definition) is 5. The molecule has 1 fully saturated rings. The van der Waals surface area contributed by atoms with Crippen molar-refractivity contribution in [1.29, 1.82) is 0 Å². The zero-order chi connectivity index (χ0) is 10.8. The normalized spacial score (nSPS) is 31.8. The Bertz CT molecular complexity index is 226. The highest BCUT2D eigenvalue weighted by atomic mass is 16.4. The van der Waals surface area contributed by atoms with Crippen molar-refractivity contribution >= 4 is 13.1 Å². The minimum atomic E-state index is -1.34. The van der Waals surface area contributed by atoms with Gasteiger partial charge < -0.3 is 26.2 Å². The van der Waals surface area contributed by atoms with E-state index in [0.717, 1.165) is 0 Å². The van der Waals surface area contributed by atoms with E-state index >= 15 is 0 Å². The Hall–Kier alpha value is -0.625. The standard InChI is InChI=1S/C7H15BN2O4/c9-7(6(11)12)3-5(10-4-7)1-2-8(13)14/h5,10,13-14H,1-4,9H2,(H,11,12). The van der Waals surface area contributed by atoms with Gasteiger partial charge in [0.2, 0.25) is 0 Å². The molecule has 2 unspecified atom stereocenters. The second-order valence-corrected chi connectivity index (χ2v) is 3.80. The van der Waals surface area contributed by atoms with Gasteiger partial charge in [-0.05, 0) is 19.2 Å². The summed E-state index contributed by atoms with van der Waals surface area (Å²) in [5, 5.41) is 29.0. The van der Waals surface area contributed by atoms with E-state index in [-0.39, 0.29) is 18.9 Å². The van der Waals surface area contributed by atoms with E-state index in [1.165, 1.54) is 0 Å². The summed E-state index contributed by atoms with van der Waals surface area (Å²) in [6.07, 6.45) is 1.08. The molecule has 6 N–H and O–H groups in total. The van der Waals surface area contributed by atoms with Crippen molar-refractivity contribution in [2.24, 2.45) is 5.73 Å². The van der Waals surface area contributed by atoms with Crippen molar-refractivity contribution in [3.63, 3.8) is 0 Å². The minimum absolute atomic E-state index is 0.0436. The second kappa shape index (κ2) is 4.27. The third-order valence-corrected chi connectivity index (χ3v) is 2.52. The maximum absolute atomic E-state index is 10.7. The maximum Gasteiger partial charge on any atom is 0.451 e. The lowest BCUT2D eigenvalue weighted by molar-refractivity contribution is -0.142. The number of hydrogen-bond donors (Lipinski definition) is 5. The Morgan fingerprint density at radius 1 is 1.64 bits per heavy atom. The van der Waals surface area contributed by atoms with Crippen molar-refractivity contribution < 1.29 is 19.9 Å². The molecule has 1 rings (SSSR count). The molecule has 2 atom stereocenters. The fraction of sp³-hybridized carbons (Fsp3) is 0.857. The zero-order valence-electron chi connectivity index (χ0n) is 7.81. The van der Waals surface area contributed by atoms with Gasteiger partial charge >= 0.3 is 13.1 Å². The third-order valence-electron chi connectivity index (χ3n) is 2.52. The van der Waals surface area contributed by atoms with Gasteiger partial charge in [-0.25, -0.2) is 0 Å². The van der Waals surface area contributed by atoms with Crippen LogP contribution in [0, 0.1) is 0 Å². The van der Waals surface area contributed by atoms with Gasteiger partial charge in [-0.1, -0.05) is 0 Å². The lowest BCUT2D eigenvalue weighted by Crippen LogP contribution is -2.49. The van der Waals surface area contributed by atoms with Gasteiger partial charge in [0.05, 0.1) is 0 Å². The van der Waals surface area contributed by atoms with Crippen molar-refractivity contribution in [1.82, 2.24) is 5.32 Å². The van der Waals surface area contributed by atoms with Gasteiger partial charge in [0, 0.05) is 12.6 Å².